The minimum atomic E-state index is 0. The molecule has 0 spiro atoms. The third kappa shape index (κ3) is 4.51. The molecule has 2 N–H and O–H groups in total. The fourth-order valence-corrected chi connectivity index (χ4v) is 4.29. The van der Waals surface area contributed by atoms with Crippen molar-refractivity contribution in [3.63, 3.8) is 0 Å². The van der Waals surface area contributed by atoms with Gasteiger partial charge >= 0.3 is 0 Å². The number of aromatic nitrogens is 2. The second-order valence-corrected chi connectivity index (χ2v) is 7.18. The summed E-state index contributed by atoms with van der Waals surface area (Å²) in [5, 5.41) is 6.65. The van der Waals surface area contributed by atoms with Crippen LogP contribution in [0.5, 0.6) is 0 Å². The smallest absolute Gasteiger partial charge is 0.237 e. The van der Waals surface area contributed by atoms with Crippen LogP contribution in [0.25, 0.3) is 11.0 Å². The number of carbonyl (C=O) groups excluding carboxylic acids is 1. The molecule has 0 radical (unpaired) electrons. The van der Waals surface area contributed by atoms with Crippen LogP contribution in [0.15, 0.2) is 30.6 Å². The summed E-state index contributed by atoms with van der Waals surface area (Å²) < 4.78 is 2.16. The van der Waals surface area contributed by atoms with E-state index in [1.165, 1.54) is 25.7 Å². The van der Waals surface area contributed by atoms with Crippen molar-refractivity contribution in [2.24, 2.45) is 5.92 Å². The number of halogens is 2. The highest BCUT2D eigenvalue weighted by molar-refractivity contribution is 5.85. The van der Waals surface area contributed by atoms with Crippen LogP contribution in [-0.4, -0.2) is 34.1 Å². The highest BCUT2D eigenvalue weighted by atomic mass is 35.5. The first-order chi connectivity index (χ1) is 11.8. The molecule has 1 amide bonds. The summed E-state index contributed by atoms with van der Waals surface area (Å²) in [6.07, 6.45) is 8.98. The van der Waals surface area contributed by atoms with E-state index >= 15 is 0 Å². The van der Waals surface area contributed by atoms with Gasteiger partial charge in [0.2, 0.25) is 5.91 Å². The molecule has 3 atom stereocenters. The van der Waals surface area contributed by atoms with Gasteiger partial charge in [-0.05, 0) is 43.7 Å². The number of nitrogens with one attached hydrogen (secondary N) is 2. The number of hydrogen-bond acceptors (Lipinski definition) is 3. The Morgan fingerprint density at radius 3 is 2.88 bits per heavy atom. The van der Waals surface area contributed by atoms with E-state index in [2.05, 4.69) is 26.3 Å². The molecule has 1 aromatic carbocycles. The van der Waals surface area contributed by atoms with Crippen molar-refractivity contribution in [1.29, 1.82) is 0 Å². The molecule has 5 nitrogen and oxygen atoms in total. The zero-order valence-electron chi connectivity index (χ0n) is 14.9. The summed E-state index contributed by atoms with van der Waals surface area (Å²) >= 11 is 0. The predicted molar refractivity (Wildman–Crippen MR) is 109 cm³/mol. The summed E-state index contributed by atoms with van der Waals surface area (Å²) in [6.45, 7) is 1.60. The highest BCUT2D eigenvalue weighted by Crippen LogP contribution is 2.33. The maximum absolute atomic E-state index is 12.4. The van der Waals surface area contributed by atoms with E-state index in [9.17, 15) is 4.79 Å². The van der Waals surface area contributed by atoms with Crippen LogP contribution in [0.3, 0.4) is 0 Å². The van der Waals surface area contributed by atoms with Gasteiger partial charge in [-0.3, -0.25) is 4.79 Å². The van der Waals surface area contributed by atoms with Crippen LogP contribution in [0.2, 0.25) is 0 Å². The number of benzene rings is 1. The lowest BCUT2D eigenvalue weighted by Crippen LogP contribution is -2.43. The lowest BCUT2D eigenvalue weighted by atomic mass is 9.85. The van der Waals surface area contributed by atoms with Crippen molar-refractivity contribution in [1.82, 2.24) is 20.2 Å². The van der Waals surface area contributed by atoms with Gasteiger partial charge in [-0.1, -0.05) is 25.0 Å². The average molecular weight is 399 g/mol. The van der Waals surface area contributed by atoms with Gasteiger partial charge in [-0.2, -0.15) is 0 Å². The Hall–Kier alpha value is -1.30. The number of hydrogen-bond donors (Lipinski definition) is 2. The maximum Gasteiger partial charge on any atom is 0.237 e. The van der Waals surface area contributed by atoms with Gasteiger partial charge < -0.3 is 15.2 Å². The van der Waals surface area contributed by atoms with E-state index in [0.717, 1.165) is 37.0 Å². The van der Waals surface area contributed by atoms with Crippen LogP contribution >= 0.6 is 24.8 Å². The van der Waals surface area contributed by atoms with E-state index in [1.807, 2.05) is 24.5 Å². The second-order valence-electron chi connectivity index (χ2n) is 7.18. The number of amides is 1. The average Bonchev–Trinajstić information content (AvgIpc) is 3.23. The number of fused-ring (bicyclic) bond motifs is 2. The zero-order chi connectivity index (χ0) is 16.4. The molecule has 3 unspecified atom stereocenters. The molecule has 2 aromatic rings. The second kappa shape index (κ2) is 9.58. The molecule has 1 aliphatic heterocycles. The molecule has 26 heavy (non-hydrogen) atoms. The summed E-state index contributed by atoms with van der Waals surface area (Å²) in [5.41, 5.74) is 2.18. The first-order valence-corrected chi connectivity index (χ1v) is 9.25. The maximum atomic E-state index is 12.4. The SMILES string of the molecule is Cl.Cl.O=C(NCCCn1cnc2ccccc21)C1CC2CCCCC2N1. The molecule has 2 heterocycles. The standard InChI is InChI=1S/C19H26N4O.2ClH/c24-19(17-12-14-6-1-2-7-15(14)22-17)20-10-5-11-23-13-21-16-8-3-4-9-18(16)23;;/h3-4,8-9,13-15,17,22H,1-2,5-7,10-12H2,(H,20,24);2*1H. The molecule has 1 aliphatic carbocycles. The third-order valence-corrected chi connectivity index (χ3v) is 5.58. The Bertz CT molecular complexity index is 706. The number of nitrogens with zero attached hydrogens (tertiary/aromatic N) is 2. The molecular weight excluding hydrogens is 371 g/mol. The minimum absolute atomic E-state index is 0. The molecule has 2 fully saturated rings. The number of aryl methyl sites for hydroxylation is 1. The number of carbonyl (C=O) groups is 1. The van der Waals surface area contributed by atoms with Gasteiger partial charge in [-0.25, -0.2) is 4.98 Å². The van der Waals surface area contributed by atoms with Crippen molar-refractivity contribution < 1.29 is 4.79 Å². The van der Waals surface area contributed by atoms with Crippen LogP contribution < -0.4 is 10.6 Å². The summed E-state index contributed by atoms with van der Waals surface area (Å²) in [7, 11) is 0. The lowest BCUT2D eigenvalue weighted by Gasteiger charge is -2.24. The van der Waals surface area contributed by atoms with Gasteiger partial charge in [-0.15, -0.1) is 24.8 Å². The van der Waals surface area contributed by atoms with Crippen molar-refractivity contribution in [3.05, 3.63) is 30.6 Å². The molecule has 1 saturated carbocycles. The van der Waals surface area contributed by atoms with E-state index in [-0.39, 0.29) is 36.8 Å². The Balaban J connectivity index is 0.00000121. The molecular formula is C19H28Cl2N4O. The molecule has 0 bridgehead atoms. The Morgan fingerprint density at radius 1 is 1.23 bits per heavy atom. The molecule has 1 aromatic heterocycles. The fourth-order valence-electron chi connectivity index (χ4n) is 4.29. The third-order valence-electron chi connectivity index (χ3n) is 5.58. The quantitative estimate of drug-likeness (QED) is 0.759. The molecule has 144 valence electrons. The van der Waals surface area contributed by atoms with Gasteiger partial charge in [0.1, 0.15) is 0 Å². The fraction of sp³-hybridized carbons (Fsp3) is 0.579. The number of para-hydroxylation sites is 2. The van der Waals surface area contributed by atoms with E-state index in [4.69, 9.17) is 0 Å². The Morgan fingerprint density at radius 2 is 2.04 bits per heavy atom. The highest BCUT2D eigenvalue weighted by Gasteiger charge is 2.37. The lowest BCUT2D eigenvalue weighted by molar-refractivity contribution is -0.122. The Kier molecular flexibility index (Phi) is 7.74. The van der Waals surface area contributed by atoms with Gasteiger partial charge in [0.05, 0.1) is 23.4 Å². The van der Waals surface area contributed by atoms with E-state index in [0.29, 0.717) is 12.0 Å². The number of rotatable bonds is 5. The summed E-state index contributed by atoms with van der Waals surface area (Å²) in [5.74, 6) is 0.895. The first-order valence-electron chi connectivity index (χ1n) is 9.25. The predicted octanol–water partition coefficient (Wildman–Crippen LogP) is 3.31. The summed E-state index contributed by atoms with van der Waals surface area (Å²) in [4.78, 5) is 16.8. The van der Waals surface area contributed by atoms with E-state index in [1.54, 1.807) is 0 Å². The largest absolute Gasteiger partial charge is 0.355 e. The van der Waals surface area contributed by atoms with Gasteiger partial charge in [0, 0.05) is 19.1 Å². The van der Waals surface area contributed by atoms with Crippen molar-refractivity contribution in [3.8, 4) is 0 Å². The minimum Gasteiger partial charge on any atom is -0.355 e. The number of imidazole rings is 1. The van der Waals surface area contributed by atoms with Crippen LogP contribution in [-0.2, 0) is 11.3 Å². The van der Waals surface area contributed by atoms with Crippen LogP contribution in [0.1, 0.15) is 38.5 Å². The van der Waals surface area contributed by atoms with Crippen molar-refractivity contribution >= 4 is 41.8 Å². The van der Waals surface area contributed by atoms with Gasteiger partial charge in [0.15, 0.2) is 0 Å². The first kappa shape index (κ1) is 21.0. The van der Waals surface area contributed by atoms with Crippen LogP contribution in [0, 0.1) is 5.92 Å². The molecule has 2 aliphatic rings. The van der Waals surface area contributed by atoms with Crippen molar-refractivity contribution in [2.45, 2.75) is 57.2 Å². The molecule has 4 rings (SSSR count). The molecule has 1 saturated heterocycles. The molecule has 7 heteroatoms. The monoisotopic (exact) mass is 398 g/mol. The van der Waals surface area contributed by atoms with Gasteiger partial charge in [0.25, 0.3) is 0 Å². The Labute approximate surface area is 167 Å². The normalized spacial score (nSPS) is 24.4. The summed E-state index contributed by atoms with van der Waals surface area (Å²) in [6, 6.07) is 8.75. The topological polar surface area (TPSA) is 59.0 Å². The van der Waals surface area contributed by atoms with E-state index < -0.39 is 0 Å². The zero-order valence-corrected chi connectivity index (χ0v) is 16.5. The van der Waals surface area contributed by atoms with Crippen LogP contribution in [0.4, 0.5) is 0 Å². The van der Waals surface area contributed by atoms with Crippen molar-refractivity contribution in [2.75, 3.05) is 6.54 Å².